The summed E-state index contributed by atoms with van der Waals surface area (Å²) in [6, 6.07) is 19.9. The smallest absolute Gasteiger partial charge is 0.255 e. The molecule has 0 bridgehead atoms. The Morgan fingerprint density at radius 1 is 0.929 bits per heavy atom. The second kappa shape index (κ2) is 7.36. The molecule has 2 aromatic heterocycles. The molecule has 0 fully saturated rings. The van der Waals surface area contributed by atoms with Crippen LogP contribution in [-0.2, 0) is 0 Å². The number of aromatic amines is 1. The number of aromatic nitrogens is 2. The van der Waals surface area contributed by atoms with Gasteiger partial charge in [0.1, 0.15) is 5.65 Å². The van der Waals surface area contributed by atoms with Gasteiger partial charge in [-0.3, -0.25) is 9.59 Å². The number of nitrogens with one attached hydrogen (secondary N) is 3. The van der Waals surface area contributed by atoms with Crippen molar-refractivity contribution in [3.05, 3.63) is 94.4 Å². The summed E-state index contributed by atoms with van der Waals surface area (Å²) >= 11 is 0. The lowest BCUT2D eigenvalue weighted by Gasteiger charge is -2.11. The maximum atomic E-state index is 12.5. The average molecular weight is 370 g/mol. The van der Waals surface area contributed by atoms with Gasteiger partial charge in [0.05, 0.1) is 5.69 Å². The monoisotopic (exact) mass is 370 g/mol. The minimum atomic E-state index is -0.193. The van der Waals surface area contributed by atoms with Gasteiger partial charge in [-0.2, -0.15) is 0 Å². The van der Waals surface area contributed by atoms with Crippen LogP contribution in [-0.4, -0.2) is 15.9 Å². The number of amides is 1. The number of rotatable bonds is 4. The Kier molecular flexibility index (Phi) is 4.60. The summed E-state index contributed by atoms with van der Waals surface area (Å²) < 4.78 is 0. The van der Waals surface area contributed by atoms with Gasteiger partial charge in [-0.25, -0.2) is 4.98 Å². The van der Waals surface area contributed by atoms with Crippen molar-refractivity contribution in [3.63, 3.8) is 0 Å². The van der Waals surface area contributed by atoms with Crippen LogP contribution in [0.5, 0.6) is 0 Å². The summed E-state index contributed by atoms with van der Waals surface area (Å²) in [5.74, 6) is -0.159. The third-order valence-electron chi connectivity index (χ3n) is 4.45. The van der Waals surface area contributed by atoms with Gasteiger partial charge >= 0.3 is 0 Å². The SMILES string of the molecule is Cc1ccccc1NC(=O)c1ccc(Nc2ccnc3[nH]c(=O)ccc23)cc1. The fourth-order valence-corrected chi connectivity index (χ4v) is 2.94. The first kappa shape index (κ1) is 17.5. The molecule has 138 valence electrons. The van der Waals surface area contributed by atoms with E-state index in [-0.39, 0.29) is 11.5 Å². The number of benzene rings is 2. The summed E-state index contributed by atoms with van der Waals surface area (Å²) in [5, 5.41) is 7.03. The first-order valence-corrected chi connectivity index (χ1v) is 8.82. The summed E-state index contributed by atoms with van der Waals surface area (Å²) in [7, 11) is 0. The molecular weight excluding hydrogens is 352 g/mol. The molecule has 0 atom stereocenters. The zero-order chi connectivity index (χ0) is 19.5. The number of H-pyrrole nitrogens is 1. The standard InChI is InChI=1S/C22H18N4O2/c1-14-4-2-3-5-18(14)25-22(28)15-6-8-16(9-7-15)24-19-12-13-23-21-17(19)10-11-20(27)26-21/h2-13H,1H3,(H,25,28)(H2,23,24,26,27). The van der Waals surface area contributed by atoms with E-state index >= 15 is 0 Å². The largest absolute Gasteiger partial charge is 0.355 e. The fourth-order valence-electron chi connectivity index (χ4n) is 2.94. The van der Waals surface area contributed by atoms with Crippen LogP contribution in [0.3, 0.4) is 0 Å². The Hall–Kier alpha value is -3.93. The van der Waals surface area contributed by atoms with E-state index < -0.39 is 0 Å². The van der Waals surface area contributed by atoms with E-state index in [1.54, 1.807) is 24.4 Å². The molecule has 4 rings (SSSR count). The van der Waals surface area contributed by atoms with E-state index in [1.807, 2.05) is 49.4 Å². The minimum Gasteiger partial charge on any atom is -0.355 e. The Labute approximate surface area is 161 Å². The van der Waals surface area contributed by atoms with Crippen LogP contribution in [0.25, 0.3) is 11.0 Å². The van der Waals surface area contributed by atoms with Gasteiger partial charge in [-0.1, -0.05) is 18.2 Å². The number of pyridine rings is 2. The maximum Gasteiger partial charge on any atom is 0.255 e. The summed E-state index contributed by atoms with van der Waals surface area (Å²) in [5.41, 5.74) is 4.35. The second-order valence-corrected chi connectivity index (χ2v) is 6.41. The molecule has 0 saturated heterocycles. The van der Waals surface area contributed by atoms with E-state index in [0.717, 1.165) is 28.0 Å². The number of carbonyl (C=O) groups is 1. The van der Waals surface area contributed by atoms with E-state index in [4.69, 9.17) is 0 Å². The zero-order valence-corrected chi connectivity index (χ0v) is 15.2. The van der Waals surface area contributed by atoms with Crippen molar-refractivity contribution in [2.24, 2.45) is 0 Å². The van der Waals surface area contributed by atoms with Crippen molar-refractivity contribution in [3.8, 4) is 0 Å². The van der Waals surface area contributed by atoms with Crippen molar-refractivity contribution in [2.75, 3.05) is 10.6 Å². The highest BCUT2D eigenvalue weighted by Gasteiger charge is 2.08. The Morgan fingerprint density at radius 3 is 2.50 bits per heavy atom. The topological polar surface area (TPSA) is 86.9 Å². The number of anilines is 3. The van der Waals surface area contributed by atoms with E-state index in [2.05, 4.69) is 20.6 Å². The van der Waals surface area contributed by atoms with Gasteiger partial charge in [0.15, 0.2) is 0 Å². The lowest BCUT2D eigenvalue weighted by Crippen LogP contribution is -2.12. The molecule has 0 saturated carbocycles. The number of nitrogens with zero attached hydrogens (tertiary/aromatic N) is 1. The molecule has 0 spiro atoms. The minimum absolute atomic E-state index is 0.159. The molecular formula is C22H18N4O2. The van der Waals surface area contributed by atoms with Crippen molar-refractivity contribution in [1.82, 2.24) is 9.97 Å². The molecule has 28 heavy (non-hydrogen) atoms. The van der Waals surface area contributed by atoms with Crippen molar-refractivity contribution < 1.29 is 4.79 Å². The fraction of sp³-hybridized carbons (Fsp3) is 0.0455. The van der Waals surface area contributed by atoms with Crippen molar-refractivity contribution >= 4 is 34.0 Å². The molecule has 2 aromatic carbocycles. The number of hydrogen-bond donors (Lipinski definition) is 3. The molecule has 0 radical (unpaired) electrons. The highest BCUT2D eigenvalue weighted by molar-refractivity contribution is 6.04. The van der Waals surface area contributed by atoms with Crippen molar-refractivity contribution in [1.29, 1.82) is 0 Å². The van der Waals surface area contributed by atoms with Crippen LogP contribution >= 0.6 is 0 Å². The van der Waals surface area contributed by atoms with Gasteiger partial charge < -0.3 is 15.6 Å². The Morgan fingerprint density at radius 2 is 1.71 bits per heavy atom. The summed E-state index contributed by atoms with van der Waals surface area (Å²) in [6.07, 6.45) is 1.63. The van der Waals surface area contributed by atoms with Crippen LogP contribution in [0.2, 0.25) is 0 Å². The molecule has 0 aliphatic rings. The molecule has 2 heterocycles. The first-order chi connectivity index (χ1) is 13.6. The third kappa shape index (κ3) is 3.61. The lowest BCUT2D eigenvalue weighted by molar-refractivity contribution is 0.102. The molecule has 6 nitrogen and oxygen atoms in total. The molecule has 0 aliphatic heterocycles. The number of aryl methyl sites for hydroxylation is 1. The summed E-state index contributed by atoms with van der Waals surface area (Å²) in [6.45, 7) is 1.95. The van der Waals surface area contributed by atoms with Crippen LogP contribution in [0.4, 0.5) is 17.1 Å². The second-order valence-electron chi connectivity index (χ2n) is 6.41. The van der Waals surface area contributed by atoms with E-state index in [1.165, 1.54) is 6.07 Å². The van der Waals surface area contributed by atoms with Gasteiger partial charge in [0, 0.05) is 34.6 Å². The summed E-state index contributed by atoms with van der Waals surface area (Å²) in [4.78, 5) is 30.8. The molecule has 0 aliphatic carbocycles. The molecule has 3 N–H and O–H groups in total. The van der Waals surface area contributed by atoms with Gasteiger partial charge in [0.2, 0.25) is 5.56 Å². The van der Waals surface area contributed by atoms with Gasteiger partial charge in [-0.05, 0) is 55.0 Å². The van der Waals surface area contributed by atoms with Crippen LogP contribution in [0.15, 0.2) is 77.7 Å². The predicted octanol–water partition coefficient (Wildman–Crippen LogP) is 4.23. The quantitative estimate of drug-likeness (QED) is 0.502. The molecule has 0 unspecified atom stereocenters. The van der Waals surface area contributed by atoms with Gasteiger partial charge in [0.25, 0.3) is 5.91 Å². The first-order valence-electron chi connectivity index (χ1n) is 8.82. The lowest BCUT2D eigenvalue weighted by atomic mass is 10.1. The van der Waals surface area contributed by atoms with E-state index in [9.17, 15) is 9.59 Å². The number of fused-ring (bicyclic) bond motifs is 1. The average Bonchev–Trinajstić information content (AvgIpc) is 2.70. The van der Waals surface area contributed by atoms with Crippen LogP contribution < -0.4 is 16.2 Å². The molecule has 4 aromatic rings. The highest BCUT2D eigenvalue weighted by atomic mass is 16.1. The Bertz CT molecular complexity index is 1210. The molecule has 1 amide bonds. The Balaban J connectivity index is 1.53. The number of hydrogen-bond acceptors (Lipinski definition) is 4. The van der Waals surface area contributed by atoms with Crippen molar-refractivity contribution in [2.45, 2.75) is 6.92 Å². The van der Waals surface area contributed by atoms with Crippen LogP contribution in [0, 0.1) is 6.92 Å². The molecule has 6 heteroatoms. The maximum absolute atomic E-state index is 12.5. The highest BCUT2D eigenvalue weighted by Crippen LogP contribution is 2.24. The van der Waals surface area contributed by atoms with E-state index in [0.29, 0.717) is 11.2 Å². The third-order valence-corrected chi connectivity index (χ3v) is 4.45. The zero-order valence-electron chi connectivity index (χ0n) is 15.2. The predicted molar refractivity (Wildman–Crippen MR) is 111 cm³/mol. The number of para-hydroxylation sites is 1. The number of carbonyl (C=O) groups excluding carboxylic acids is 1. The normalized spacial score (nSPS) is 10.6. The van der Waals surface area contributed by atoms with Crippen LogP contribution in [0.1, 0.15) is 15.9 Å². The van der Waals surface area contributed by atoms with Gasteiger partial charge in [-0.15, -0.1) is 0 Å².